The summed E-state index contributed by atoms with van der Waals surface area (Å²) in [7, 11) is 3.34. The van der Waals surface area contributed by atoms with Gasteiger partial charge < -0.3 is 14.8 Å². The molecule has 112 valence electrons. The Hall–Kier alpha value is -1.38. The van der Waals surface area contributed by atoms with Gasteiger partial charge in [-0.25, -0.2) is 0 Å². The lowest BCUT2D eigenvalue weighted by molar-refractivity contribution is 0.313. The summed E-state index contributed by atoms with van der Waals surface area (Å²) in [4.78, 5) is 0. The van der Waals surface area contributed by atoms with Crippen LogP contribution in [0.2, 0.25) is 0 Å². The van der Waals surface area contributed by atoms with Crippen LogP contribution in [0.25, 0.3) is 0 Å². The van der Waals surface area contributed by atoms with Crippen LogP contribution in [0.4, 0.5) is 5.69 Å². The monoisotopic (exact) mass is 277 g/mol. The van der Waals surface area contributed by atoms with Crippen LogP contribution in [-0.2, 0) is 0 Å². The molecule has 1 atom stereocenters. The fourth-order valence-corrected chi connectivity index (χ4v) is 2.97. The van der Waals surface area contributed by atoms with Gasteiger partial charge in [0.05, 0.1) is 14.2 Å². The lowest BCUT2D eigenvalue weighted by atomic mass is 9.85. The van der Waals surface area contributed by atoms with Crippen LogP contribution in [0.3, 0.4) is 0 Å². The van der Waals surface area contributed by atoms with Crippen molar-refractivity contribution >= 4 is 5.69 Å². The van der Waals surface area contributed by atoms with Crippen LogP contribution in [0.1, 0.15) is 46.0 Å². The summed E-state index contributed by atoms with van der Waals surface area (Å²) in [6.07, 6.45) is 6.41. The molecule has 1 saturated carbocycles. The zero-order chi connectivity index (χ0) is 14.6. The number of ether oxygens (including phenoxy) is 2. The van der Waals surface area contributed by atoms with Gasteiger partial charge >= 0.3 is 0 Å². The first kappa shape index (κ1) is 15.0. The fourth-order valence-electron chi connectivity index (χ4n) is 2.97. The zero-order valence-electron chi connectivity index (χ0n) is 13.2. The maximum absolute atomic E-state index is 5.36. The van der Waals surface area contributed by atoms with Gasteiger partial charge in [0.25, 0.3) is 0 Å². The van der Waals surface area contributed by atoms with E-state index in [1.165, 1.54) is 32.1 Å². The van der Waals surface area contributed by atoms with Gasteiger partial charge in [-0.3, -0.25) is 0 Å². The van der Waals surface area contributed by atoms with E-state index in [0.29, 0.717) is 11.5 Å². The molecular weight excluding hydrogens is 250 g/mol. The number of rotatable bonds is 4. The molecule has 20 heavy (non-hydrogen) atoms. The van der Waals surface area contributed by atoms with Gasteiger partial charge in [0, 0.05) is 17.8 Å². The molecule has 1 N–H and O–H groups in total. The van der Waals surface area contributed by atoms with Crippen LogP contribution in [0, 0.1) is 5.41 Å². The van der Waals surface area contributed by atoms with Crippen LogP contribution >= 0.6 is 0 Å². The van der Waals surface area contributed by atoms with Crippen molar-refractivity contribution in [2.45, 2.75) is 52.0 Å². The summed E-state index contributed by atoms with van der Waals surface area (Å²) in [5.41, 5.74) is 1.61. The van der Waals surface area contributed by atoms with E-state index in [-0.39, 0.29) is 0 Å². The zero-order valence-corrected chi connectivity index (χ0v) is 13.2. The summed E-state index contributed by atoms with van der Waals surface area (Å²) >= 11 is 0. The molecule has 0 heterocycles. The molecule has 0 aliphatic heterocycles. The first-order chi connectivity index (χ1) is 9.54. The Bertz CT molecular complexity index is 443. The largest absolute Gasteiger partial charge is 0.493 e. The van der Waals surface area contributed by atoms with E-state index in [1.54, 1.807) is 14.2 Å². The highest BCUT2D eigenvalue weighted by molar-refractivity contribution is 5.55. The number of nitrogens with one attached hydrogen (secondary N) is 1. The lowest BCUT2D eigenvalue weighted by Gasteiger charge is -2.22. The molecule has 0 bridgehead atoms. The van der Waals surface area contributed by atoms with Gasteiger partial charge in [0.15, 0.2) is 11.5 Å². The van der Waals surface area contributed by atoms with Gasteiger partial charge in [0.2, 0.25) is 0 Å². The van der Waals surface area contributed by atoms with Crippen molar-refractivity contribution in [3.63, 3.8) is 0 Å². The van der Waals surface area contributed by atoms with Crippen molar-refractivity contribution in [3.05, 3.63) is 18.2 Å². The molecule has 0 spiro atoms. The van der Waals surface area contributed by atoms with Crippen LogP contribution < -0.4 is 14.8 Å². The Balaban J connectivity index is 2.02. The first-order valence-electron chi connectivity index (χ1n) is 7.53. The average Bonchev–Trinajstić information content (AvgIpc) is 2.60. The van der Waals surface area contributed by atoms with E-state index in [9.17, 15) is 0 Å². The third kappa shape index (κ3) is 3.81. The Morgan fingerprint density at radius 2 is 1.80 bits per heavy atom. The summed E-state index contributed by atoms with van der Waals surface area (Å²) < 4.78 is 10.6. The number of hydrogen-bond acceptors (Lipinski definition) is 3. The van der Waals surface area contributed by atoms with Gasteiger partial charge in [-0.1, -0.05) is 20.3 Å². The Morgan fingerprint density at radius 1 is 1.05 bits per heavy atom. The minimum atomic E-state index is 0.494. The molecule has 0 saturated heterocycles. The minimum Gasteiger partial charge on any atom is -0.493 e. The number of benzene rings is 1. The third-order valence-corrected chi connectivity index (χ3v) is 4.33. The van der Waals surface area contributed by atoms with E-state index >= 15 is 0 Å². The maximum Gasteiger partial charge on any atom is 0.162 e. The molecule has 1 fully saturated rings. The minimum absolute atomic E-state index is 0.494. The first-order valence-corrected chi connectivity index (χ1v) is 7.53. The van der Waals surface area contributed by atoms with Gasteiger partial charge in [-0.2, -0.15) is 0 Å². The quantitative estimate of drug-likeness (QED) is 0.823. The lowest BCUT2D eigenvalue weighted by Crippen LogP contribution is -2.19. The van der Waals surface area contributed by atoms with Crippen molar-refractivity contribution in [3.8, 4) is 11.5 Å². The van der Waals surface area contributed by atoms with Crippen molar-refractivity contribution in [2.75, 3.05) is 19.5 Å². The number of methoxy groups -OCH3 is 2. The molecular formula is C17H27NO2. The van der Waals surface area contributed by atoms with Crippen LogP contribution in [-0.4, -0.2) is 20.3 Å². The predicted molar refractivity (Wildman–Crippen MR) is 83.8 cm³/mol. The number of anilines is 1. The second kappa shape index (κ2) is 6.38. The molecule has 0 amide bonds. The highest BCUT2D eigenvalue weighted by Crippen LogP contribution is 2.35. The molecule has 1 unspecified atom stereocenters. The molecule has 0 aromatic heterocycles. The second-order valence-corrected chi connectivity index (χ2v) is 6.51. The van der Waals surface area contributed by atoms with E-state index in [1.807, 2.05) is 12.1 Å². The van der Waals surface area contributed by atoms with E-state index in [4.69, 9.17) is 9.47 Å². The predicted octanol–water partition coefficient (Wildman–Crippen LogP) is 4.47. The molecule has 0 radical (unpaired) electrons. The van der Waals surface area contributed by atoms with Crippen molar-refractivity contribution in [1.29, 1.82) is 0 Å². The molecule has 1 aliphatic rings. The molecule has 1 aromatic carbocycles. The average molecular weight is 277 g/mol. The molecule has 2 rings (SSSR count). The van der Waals surface area contributed by atoms with Crippen molar-refractivity contribution in [2.24, 2.45) is 5.41 Å². The standard InChI is InChI=1S/C17H27NO2/c1-17(2)10-5-6-13(9-11-17)18-14-7-8-15(19-3)16(12-14)20-4/h7-8,12-13,18H,5-6,9-11H2,1-4H3. The highest BCUT2D eigenvalue weighted by Gasteiger charge is 2.24. The van der Waals surface area contributed by atoms with Crippen LogP contribution in [0.5, 0.6) is 11.5 Å². The Morgan fingerprint density at radius 3 is 2.50 bits per heavy atom. The second-order valence-electron chi connectivity index (χ2n) is 6.51. The normalized spacial score (nSPS) is 21.9. The summed E-state index contributed by atoms with van der Waals surface area (Å²) in [5.74, 6) is 1.56. The summed E-state index contributed by atoms with van der Waals surface area (Å²) in [6, 6.07) is 6.61. The molecule has 1 aromatic rings. The van der Waals surface area contributed by atoms with Crippen LogP contribution in [0.15, 0.2) is 18.2 Å². The van der Waals surface area contributed by atoms with Crippen molar-refractivity contribution < 1.29 is 9.47 Å². The van der Waals surface area contributed by atoms with Gasteiger partial charge in [-0.15, -0.1) is 0 Å². The molecule has 3 nitrogen and oxygen atoms in total. The van der Waals surface area contributed by atoms with Gasteiger partial charge in [0.1, 0.15) is 0 Å². The number of hydrogen-bond donors (Lipinski definition) is 1. The highest BCUT2D eigenvalue weighted by atomic mass is 16.5. The summed E-state index contributed by atoms with van der Waals surface area (Å²) in [5, 5.41) is 3.65. The molecule has 1 aliphatic carbocycles. The Kier molecular flexibility index (Phi) is 4.79. The van der Waals surface area contributed by atoms with E-state index in [2.05, 4.69) is 25.2 Å². The maximum atomic E-state index is 5.36. The summed E-state index contributed by atoms with van der Waals surface area (Å²) in [6.45, 7) is 4.76. The SMILES string of the molecule is COc1ccc(NC2CCCC(C)(C)CC2)cc1OC. The molecule has 3 heteroatoms. The third-order valence-electron chi connectivity index (χ3n) is 4.33. The Labute approximate surface area is 122 Å². The fraction of sp³-hybridized carbons (Fsp3) is 0.647. The van der Waals surface area contributed by atoms with Crippen molar-refractivity contribution in [1.82, 2.24) is 0 Å². The van der Waals surface area contributed by atoms with E-state index < -0.39 is 0 Å². The topological polar surface area (TPSA) is 30.5 Å². The smallest absolute Gasteiger partial charge is 0.162 e. The van der Waals surface area contributed by atoms with Gasteiger partial charge in [-0.05, 0) is 43.2 Å². The van der Waals surface area contributed by atoms with E-state index in [0.717, 1.165) is 17.2 Å².